The van der Waals surface area contributed by atoms with Crippen molar-refractivity contribution in [3.8, 4) is 16.3 Å². The minimum absolute atomic E-state index is 0.0399. The van der Waals surface area contributed by atoms with Gasteiger partial charge in [0, 0.05) is 24.7 Å². The van der Waals surface area contributed by atoms with Gasteiger partial charge in [-0.1, -0.05) is 0 Å². The van der Waals surface area contributed by atoms with Gasteiger partial charge in [0.15, 0.2) is 16.8 Å². The van der Waals surface area contributed by atoms with Gasteiger partial charge in [-0.25, -0.2) is 9.78 Å². The third-order valence-corrected chi connectivity index (χ3v) is 7.48. The summed E-state index contributed by atoms with van der Waals surface area (Å²) < 4.78 is 78.0. The van der Waals surface area contributed by atoms with Crippen LogP contribution in [0.25, 0.3) is 21.7 Å². The van der Waals surface area contributed by atoms with Crippen LogP contribution in [0.2, 0.25) is 0 Å². The Morgan fingerprint density at radius 2 is 1.89 bits per heavy atom. The smallest absolute Gasteiger partial charge is 0.444 e. The van der Waals surface area contributed by atoms with Crippen molar-refractivity contribution in [2.24, 2.45) is 0 Å². The topological polar surface area (TPSA) is 115 Å². The molecule has 15 heteroatoms. The number of anilines is 1. The maximum Gasteiger partial charge on any atom is 0.534 e. The first-order chi connectivity index (χ1) is 16.7. The fraction of sp³-hybridized carbons (Fsp3) is 0.476. The predicted molar refractivity (Wildman–Crippen MR) is 123 cm³/mol. The lowest BCUT2D eigenvalue weighted by atomic mass is 9.88. The molecule has 3 aliphatic heterocycles. The van der Waals surface area contributed by atoms with Gasteiger partial charge >= 0.3 is 21.7 Å². The zero-order valence-corrected chi connectivity index (χ0v) is 20.9. The maximum atomic E-state index is 13.0. The van der Waals surface area contributed by atoms with Gasteiger partial charge in [-0.2, -0.15) is 26.6 Å². The number of thiazole rings is 1. The highest BCUT2D eigenvalue weighted by molar-refractivity contribution is 7.88. The fourth-order valence-electron chi connectivity index (χ4n) is 4.24. The van der Waals surface area contributed by atoms with Crippen LogP contribution < -0.4 is 9.08 Å². The van der Waals surface area contributed by atoms with Crippen LogP contribution in [0, 0.1) is 0 Å². The second-order valence-corrected chi connectivity index (χ2v) is 11.9. The van der Waals surface area contributed by atoms with Crippen LogP contribution in [0.15, 0.2) is 28.1 Å². The number of oxazole rings is 1. The number of piperidine rings is 1. The molecule has 1 aromatic carbocycles. The number of carbonyl (C=O) groups excluding carboxylic acids is 1. The highest BCUT2D eigenvalue weighted by Gasteiger charge is 2.50. The molecule has 3 aromatic rings. The number of piperazine rings is 1. The van der Waals surface area contributed by atoms with Crippen LogP contribution in [0.1, 0.15) is 27.2 Å². The molecule has 10 nitrogen and oxygen atoms in total. The average molecular weight is 547 g/mol. The number of fused-ring (bicyclic) bond motifs is 3. The molecule has 2 bridgehead atoms. The summed E-state index contributed by atoms with van der Waals surface area (Å²) in [5, 5.41) is 2.21. The lowest BCUT2D eigenvalue weighted by molar-refractivity contribution is -0.0500. The number of ether oxygens (including phenoxy) is 1. The number of amides is 1. The Bertz CT molecular complexity index is 1400. The number of benzene rings is 1. The summed E-state index contributed by atoms with van der Waals surface area (Å²) >= 11 is 1.26. The van der Waals surface area contributed by atoms with Crippen molar-refractivity contribution < 1.29 is 39.7 Å². The molecule has 6 rings (SSSR count). The lowest BCUT2D eigenvalue weighted by Gasteiger charge is -2.55. The van der Waals surface area contributed by atoms with Crippen LogP contribution in [-0.2, 0) is 14.9 Å². The predicted octanol–water partition coefficient (Wildman–Crippen LogP) is 4.38. The molecule has 1 amide bonds. The monoisotopic (exact) mass is 546 g/mol. The van der Waals surface area contributed by atoms with E-state index in [1.807, 2.05) is 0 Å². The molecule has 0 N–H and O–H groups in total. The molecule has 3 saturated heterocycles. The molecule has 0 saturated carbocycles. The minimum atomic E-state index is -5.92. The second-order valence-electron chi connectivity index (χ2n) is 9.44. The Hall–Kier alpha value is -3.07. The van der Waals surface area contributed by atoms with Gasteiger partial charge in [-0.05, 0) is 39.3 Å². The van der Waals surface area contributed by atoms with E-state index in [0.29, 0.717) is 23.7 Å². The van der Waals surface area contributed by atoms with Crippen LogP contribution in [-0.4, -0.2) is 65.7 Å². The summed E-state index contributed by atoms with van der Waals surface area (Å²) in [6, 6.07) is 2.21. The summed E-state index contributed by atoms with van der Waals surface area (Å²) in [6.45, 7) is 6.05. The largest absolute Gasteiger partial charge is 0.534 e. The maximum absolute atomic E-state index is 13.0. The van der Waals surface area contributed by atoms with Crippen LogP contribution >= 0.6 is 11.3 Å². The molecule has 2 atom stereocenters. The Morgan fingerprint density at radius 1 is 1.19 bits per heavy atom. The lowest BCUT2D eigenvalue weighted by Crippen LogP contribution is -2.70. The van der Waals surface area contributed by atoms with Crippen LogP contribution in [0.3, 0.4) is 0 Å². The van der Waals surface area contributed by atoms with E-state index in [4.69, 9.17) is 9.15 Å². The first-order valence-corrected chi connectivity index (χ1v) is 13.1. The summed E-state index contributed by atoms with van der Waals surface area (Å²) in [7, 11) is -5.92. The van der Waals surface area contributed by atoms with Crippen molar-refractivity contribution in [2.45, 2.75) is 50.4 Å². The molecule has 3 aliphatic rings. The molecular weight excluding hydrogens is 525 g/mol. The van der Waals surface area contributed by atoms with Crippen molar-refractivity contribution >= 4 is 44.7 Å². The zero-order chi connectivity index (χ0) is 26.0. The van der Waals surface area contributed by atoms with Crippen LogP contribution in [0.4, 0.5) is 24.0 Å². The molecule has 194 valence electrons. The van der Waals surface area contributed by atoms with Crippen molar-refractivity contribution in [2.75, 3.05) is 18.0 Å². The van der Waals surface area contributed by atoms with Gasteiger partial charge in [0.2, 0.25) is 0 Å². The van der Waals surface area contributed by atoms with Gasteiger partial charge in [-0.15, -0.1) is 11.3 Å². The molecule has 0 spiro atoms. The molecule has 0 aliphatic carbocycles. The molecule has 2 aromatic heterocycles. The minimum Gasteiger partial charge on any atom is -0.444 e. The average Bonchev–Trinajstić information content (AvgIpc) is 3.42. The van der Waals surface area contributed by atoms with E-state index in [-0.39, 0.29) is 29.2 Å². The van der Waals surface area contributed by atoms with Crippen molar-refractivity contribution in [1.82, 2.24) is 14.9 Å². The second kappa shape index (κ2) is 8.23. The Morgan fingerprint density at radius 3 is 2.47 bits per heavy atom. The Labute approximate surface area is 207 Å². The molecule has 5 heterocycles. The van der Waals surface area contributed by atoms with Gasteiger partial charge in [0.25, 0.3) is 6.01 Å². The molecule has 36 heavy (non-hydrogen) atoms. The number of halogens is 3. The standard InChI is InChI=1S/C21H21F3N4O6S2/c1-20(2,3)33-19(29)28-11-8-12(28)10-27(9-11)18-26-15-14(34-36(30,31)21(22,23)24)5-4-13(16(15)32-18)17-25-6-7-35-17/h4-7,11-12H,8-10H2,1-3H3. The van der Waals surface area contributed by atoms with Gasteiger partial charge in [0.05, 0.1) is 17.6 Å². The van der Waals surface area contributed by atoms with Crippen molar-refractivity contribution in [1.29, 1.82) is 0 Å². The summed E-state index contributed by atoms with van der Waals surface area (Å²) in [6.07, 6.45) is 1.89. The highest BCUT2D eigenvalue weighted by atomic mass is 32.2. The Kier molecular flexibility index (Phi) is 5.63. The fourth-order valence-corrected chi connectivity index (χ4v) is 5.37. The van der Waals surface area contributed by atoms with Crippen molar-refractivity contribution in [3.05, 3.63) is 23.7 Å². The summed E-state index contributed by atoms with van der Waals surface area (Å²) in [5.74, 6) is -0.616. The molecule has 3 fully saturated rings. The third kappa shape index (κ3) is 4.34. The SMILES string of the molecule is CC(C)(C)OC(=O)N1C2CC1CN(c1nc3c(OS(=O)(=O)C(F)(F)F)ccc(-c4nccs4)c3o1)C2. The number of aromatic nitrogens is 2. The van der Waals surface area contributed by atoms with Crippen LogP contribution in [0.5, 0.6) is 5.75 Å². The van der Waals surface area contributed by atoms with E-state index in [9.17, 15) is 26.4 Å². The highest BCUT2D eigenvalue weighted by Crippen LogP contribution is 2.41. The molecular formula is C21H21F3N4O6S2. The molecule has 0 radical (unpaired) electrons. The van der Waals surface area contributed by atoms with Crippen molar-refractivity contribution in [3.63, 3.8) is 0 Å². The first-order valence-electron chi connectivity index (χ1n) is 10.8. The van der Waals surface area contributed by atoms with Gasteiger partial charge in [0.1, 0.15) is 10.6 Å². The summed E-state index contributed by atoms with van der Waals surface area (Å²) in [5.41, 5.74) is -5.97. The number of hydrogen-bond donors (Lipinski definition) is 0. The third-order valence-electron chi connectivity index (χ3n) is 5.71. The van der Waals surface area contributed by atoms with Gasteiger partial charge < -0.3 is 18.2 Å². The molecule has 2 unspecified atom stereocenters. The number of carbonyl (C=O) groups is 1. The summed E-state index contributed by atoms with van der Waals surface area (Å²) in [4.78, 5) is 24.5. The number of nitrogens with zero attached hydrogens (tertiary/aromatic N) is 4. The van der Waals surface area contributed by atoms with E-state index in [2.05, 4.69) is 14.2 Å². The van der Waals surface area contributed by atoms with Gasteiger partial charge in [-0.3, -0.25) is 4.90 Å². The van der Waals surface area contributed by atoms with E-state index in [1.54, 1.807) is 42.1 Å². The number of rotatable bonds is 4. The zero-order valence-electron chi connectivity index (χ0n) is 19.3. The first kappa shape index (κ1) is 24.6. The van der Waals surface area contributed by atoms with E-state index in [1.165, 1.54) is 17.4 Å². The van der Waals surface area contributed by atoms with E-state index < -0.39 is 33.1 Å². The number of hydrogen-bond acceptors (Lipinski definition) is 10. The van der Waals surface area contributed by atoms with E-state index in [0.717, 1.165) is 12.5 Å². The van der Waals surface area contributed by atoms with E-state index >= 15 is 0 Å². The quantitative estimate of drug-likeness (QED) is 0.347. The normalized spacial score (nSPS) is 20.4. The Balaban J connectivity index is 1.47. The number of alkyl halides is 3.